The molecule has 0 spiro atoms. The van der Waals surface area contributed by atoms with Crippen molar-refractivity contribution in [2.75, 3.05) is 6.61 Å². The normalized spacial score (nSPS) is 12.5. The molecule has 0 amide bonds. The number of benzene rings is 1. The molecule has 70 valence electrons. The summed E-state index contributed by atoms with van der Waals surface area (Å²) in [5, 5.41) is 17.4. The van der Waals surface area contributed by atoms with Gasteiger partial charge >= 0.3 is 5.97 Å². The van der Waals surface area contributed by atoms with Gasteiger partial charge in [-0.05, 0) is 17.7 Å². The van der Waals surface area contributed by atoms with Crippen LogP contribution in [-0.2, 0) is 4.79 Å². The first kappa shape index (κ1) is 9.67. The fourth-order valence-corrected chi connectivity index (χ4v) is 1.02. The predicted octanol–water partition coefficient (Wildman–Crippen LogP) is 0.986. The Labute approximate surface area is 74.4 Å². The van der Waals surface area contributed by atoms with Gasteiger partial charge in [0.05, 0.1) is 6.61 Å². The van der Waals surface area contributed by atoms with Crippen LogP contribution in [0.2, 0.25) is 0 Å². The molecule has 0 fully saturated rings. The van der Waals surface area contributed by atoms with Gasteiger partial charge in [0.25, 0.3) is 0 Å². The molecule has 0 saturated heterocycles. The van der Waals surface area contributed by atoms with Crippen molar-refractivity contribution in [3.05, 3.63) is 35.6 Å². The van der Waals surface area contributed by atoms with Gasteiger partial charge in [0.15, 0.2) is 0 Å². The molecule has 2 N–H and O–H groups in total. The van der Waals surface area contributed by atoms with Crippen molar-refractivity contribution in [1.82, 2.24) is 0 Å². The average molecular weight is 184 g/mol. The van der Waals surface area contributed by atoms with Crippen molar-refractivity contribution in [3.8, 4) is 0 Å². The number of hydrogen-bond acceptors (Lipinski definition) is 2. The van der Waals surface area contributed by atoms with Crippen LogP contribution in [-0.4, -0.2) is 22.8 Å². The van der Waals surface area contributed by atoms with Crippen LogP contribution in [0.25, 0.3) is 0 Å². The molecule has 4 heteroatoms. The maximum atomic E-state index is 12.4. The van der Waals surface area contributed by atoms with E-state index >= 15 is 0 Å². The summed E-state index contributed by atoms with van der Waals surface area (Å²) < 4.78 is 12.4. The van der Waals surface area contributed by atoms with Crippen LogP contribution in [0.4, 0.5) is 4.39 Å². The zero-order valence-corrected chi connectivity index (χ0v) is 6.77. The Kier molecular flexibility index (Phi) is 2.97. The number of aliphatic carboxylic acids is 1. The highest BCUT2D eigenvalue weighted by Gasteiger charge is 2.18. The SMILES string of the molecule is O=C(O)C(CO)c1ccc(F)cc1. The van der Waals surface area contributed by atoms with Crippen molar-refractivity contribution in [1.29, 1.82) is 0 Å². The molecular formula is C9H9FO3. The van der Waals surface area contributed by atoms with Gasteiger partial charge < -0.3 is 10.2 Å². The minimum atomic E-state index is -1.12. The number of halogens is 1. The maximum absolute atomic E-state index is 12.4. The van der Waals surface area contributed by atoms with Crippen molar-refractivity contribution in [3.63, 3.8) is 0 Å². The predicted molar refractivity (Wildman–Crippen MR) is 43.9 cm³/mol. The van der Waals surface area contributed by atoms with Gasteiger partial charge in [0, 0.05) is 0 Å². The van der Waals surface area contributed by atoms with Gasteiger partial charge in [0.2, 0.25) is 0 Å². The Balaban J connectivity index is 2.92. The zero-order chi connectivity index (χ0) is 9.84. The smallest absolute Gasteiger partial charge is 0.313 e. The van der Waals surface area contributed by atoms with Gasteiger partial charge in [-0.2, -0.15) is 0 Å². The van der Waals surface area contributed by atoms with Crippen LogP contribution in [0.3, 0.4) is 0 Å². The topological polar surface area (TPSA) is 57.5 Å². The van der Waals surface area contributed by atoms with E-state index in [9.17, 15) is 9.18 Å². The highest BCUT2D eigenvalue weighted by atomic mass is 19.1. The Morgan fingerprint density at radius 3 is 2.31 bits per heavy atom. The van der Waals surface area contributed by atoms with E-state index in [-0.39, 0.29) is 0 Å². The highest BCUT2D eigenvalue weighted by molar-refractivity contribution is 5.76. The average Bonchev–Trinajstić information content (AvgIpc) is 2.09. The number of carbonyl (C=O) groups is 1. The molecule has 3 nitrogen and oxygen atoms in total. The van der Waals surface area contributed by atoms with Crippen LogP contribution < -0.4 is 0 Å². The van der Waals surface area contributed by atoms with E-state index in [1.807, 2.05) is 0 Å². The lowest BCUT2D eigenvalue weighted by Gasteiger charge is -2.08. The molecule has 0 aromatic heterocycles. The molecule has 1 aromatic rings. The van der Waals surface area contributed by atoms with E-state index < -0.39 is 24.3 Å². The number of rotatable bonds is 3. The van der Waals surface area contributed by atoms with Crippen LogP contribution in [0.1, 0.15) is 11.5 Å². The minimum absolute atomic E-state index is 0.399. The number of aliphatic hydroxyl groups is 1. The van der Waals surface area contributed by atoms with Crippen LogP contribution in [0.5, 0.6) is 0 Å². The van der Waals surface area contributed by atoms with Crippen LogP contribution in [0, 0.1) is 5.82 Å². The minimum Gasteiger partial charge on any atom is -0.481 e. The van der Waals surface area contributed by atoms with E-state index in [0.717, 1.165) is 0 Å². The second-order valence-corrected chi connectivity index (χ2v) is 2.62. The quantitative estimate of drug-likeness (QED) is 0.736. The molecule has 1 rings (SSSR count). The number of carboxylic acids is 1. The summed E-state index contributed by atoms with van der Waals surface area (Å²) in [6, 6.07) is 5.04. The molecule has 0 aliphatic carbocycles. The van der Waals surface area contributed by atoms with E-state index in [0.29, 0.717) is 5.56 Å². The molecule has 1 aromatic carbocycles. The zero-order valence-electron chi connectivity index (χ0n) is 6.77. The van der Waals surface area contributed by atoms with Crippen molar-refractivity contribution < 1.29 is 19.4 Å². The second-order valence-electron chi connectivity index (χ2n) is 2.62. The fraction of sp³-hybridized carbons (Fsp3) is 0.222. The first-order valence-corrected chi connectivity index (χ1v) is 3.74. The largest absolute Gasteiger partial charge is 0.481 e. The Bertz CT molecular complexity index is 294. The number of aliphatic hydroxyl groups excluding tert-OH is 1. The monoisotopic (exact) mass is 184 g/mol. The standard InChI is InChI=1S/C9H9FO3/c10-7-3-1-6(2-4-7)8(5-11)9(12)13/h1-4,8,11H,5H2,(H,12,13). The van der Waals surface area contributed by atoms with E-state index in [4.69, 9.17) is 10.2 Å². The van der Waals surface area contributed by atoms with E-state index in [2.05, 4.69) is 0 Å². The molecule has 0 aliphatic rings. The summed E-state index contributed by atoms with van der Waals surface area (Å²) in [5.74, 6) is -2.51. The van der Waals surface area contributed by atoms with Crippen molar-refractivity contribution in [2.24, 2.45) is 0 Å². The second kappa shape index (κ2) is 4.00. The molecular weight excluding hydrogens is 175 g/mol. The van der Waals surface area contributed by atoms with Gasteiger partial charge in [0.1, 0.15) is 11.7 Å². The lowest BCUT2D eigenvalue weighted by Crippen LogP contribution is -2.15. The molecule has 0 bridgehead atoms. The fourth-order valence-electron chi connectivity index (χ4n) is 1.02. The number of hydrogen-bond donors (Lipinski definition) is 2. The van der Waals surface area contributed by atoms with Gasteiger partial charge in [-0.25, -0.2) is 4.39 Å². The summed E-state index contributed by atoms with van der Waals surface area (Å²) in [5.41, 5.74) is 0.399. The molecule has 0 radical (unpaired) electrons. The molecule has 1 unspecified atom stereocenters. The summed E-state index contributed by atoms with van der Waals surface area (Å²) in [7, 11) is 0. The van der Waals surface area contributed by atoms with Gasteiger partial charge in [-0.3, -0.25) is 4.79 Å². The molecule has 1 atom stereocenters. The Morgan fingerprint density at radius 2 is 1.92 bits per heavy atom. The summed E-state index contributed by atoms with van der Waals surface area (Å²) in [6.07, 6.45) is 0. The van der Waals surface area contributed by atoms with E-state index in [1.54, 1.807) is 0 Å². The third-order valence-electron chi connectivity index (χ3n) is 1.75. The highest BCUT2D eigenvalue weighted by Crippen LogP contribution is 2.15. The number of carboxylic acid groups (broad SMARTS) is 1. The van der Waals surface area contributed by atoms with Crippen LogP contribution >= 0.6 is 0 Å². The van der Waals surface area contributed by atoms with Crippen molar-refractivity contribution in [2.45, 2.75) is 5.92 Å². The third-order valence-corrected chi connectivity index (χ3v) is 1.75. The van der Waals surface area contributed by atoms with E-state index in [1.165, 1.54) is 24.3 Å². The molecule has 13 heavy (non-hydrogen) atoms. The van der Waals surface area contributed by atoms with Crippen LogP contribution in [0.15, 0.2) is 24.3 Å². The van der Waals surface area contributed by atoms with Gasteiger partial charge in [-0.15, -0.1) is 0 Å². The first-order valence-electron chi connectivity index (χ1n) is 3.74. The molecule has 0 heterocycles. The third kappa shape index (κ3) is 2.26. The molecule has 0 aliphatic heterocycles. The maximum Gasteiger partial charge on any atom is 0.313 e. The summed E-state index contributed by atoms with van der Waals surface area (Å²) in [4.78, 5) is 10.6. The Morgan fingerprint density at radius 1 is 1.38 bits per heavy atom. The summed E-state index contributed by atoms with van der Waals surface area (Å²) in [6.45, 7) is -0.485. The first-order chi connectivity index (χ1) is 6.15. The lowest BCUT2D eigenvalue weighted by atomic mass is 10.0. The van der Waals surface area contributed by atoms with Gasteiger partial charge in [-0.1, -0.05) is 12.1 Å². The van der Waals surface area contributed by atoms with Crippen molar-refractivity contribution >= 4 is 5.97 Å². The summed E-state index contributed by atoms with van der Waals surface area (Å²) >= 11 is 0. The lowest BCUT2D eigenvalue weighted by molar-refractivity contribution is -0.139. The molecule has 0 saturated carbocycles. The Hall–Kier alpha value is -1.42.